The van der Waals surface area contributed by atoms with Crippen LogP contribution in [0.2, 0.25) is 0 Å². The molecule has 1 N–H and O–H groups in total. The fourth-order valence-electron chi connectivity index (χ4n) is 3.34. The maximum absolute atomic E-state index is 5.58. The molecule has 0 radical (unpaired) electrons. The van der Waals surface area contributed by atoms with E-state index in [1.54, 1.807) is 18.4 Å². The first-order chi connectivity index (χ1) is 13.7. The minimum absolute atomic E-state index is 0.664. The van der Waals surface area contributed by atoms with Crippen LogP contribution in [0.4, 0.5) is 5.82 Å². The quantitative estimate of drug-likeness (QED) is 0.407. The van der Waals surface area contributed by atoms with Gasteiger partial charge in [0, 0.05) is 25.8 Å². The summed E-state index contributed by atoms with van der Waals surface area (Å²) in [7, 11) is 1.73. The molecule has 28 heavy (non-hydrogen) atoms. The van der Waals surface area contributed by atoms with Gasteiger partial charge in [-0.15, -0.1) is 0 Å². The van der Waals surface area contributed by atoms with Crippen molar-refractivity contribution in [2.24, 2.45) is 0 Å². The van der Waals surface area contributed by atoms with E-state index in [0.717, 1.165) is 47.4 Å². The van der Waals surface area contributed by atoms with Crippen molar-refractivity contribution < 1.29 is 9.47 Å². The standard InChI is InChI=1S/C22H25N3O2S/c1-4-27-17-9-7-16(8-10-17)20-21(23-12-5-13-26-3)25-18-11-6-15(2)14-19(18)28-22(25)24-20/h6-11,14,23H,4-5,12-13H2,1-3H3. The molecule has 2 aromatic carbocycles. The van der Waals surface area contributed by atoms with Gasteiger partial charge in [-0.2, -0.15) is 0 Å². The fraction of sp³-hybridized carbons (Fsp3) is 0.318. The van der Waals surface area contributed by atoms with E-state index in [4.69, 9.17) is 14.5 Å². The van der Waals surface area contributed by atoms with Crippen LogP contribution in [0.1, 0.15) is 18.9 Å². The summed E-state index contributed by atoms with van der Waals surface area (Å²) in [6, 6.07) is 14.7. The van der Waals surface area contributed by atoms with Crippen LogP contribution in [0.3, 0.4) is 0 Å². The van der Waals surface area contributed by atoms with E-state index in [9.17, 15) is 0 Å². The first-order valence-corrected chi connectivity index (χ1v) is 10.4. The summed E-state index contributed by atoms with van der Waals surface area (Å²) in [4.78, 5) is 5.97. The smallest absolute Gasteiger partial charge is 0.197 e. The van der Waals surface area contributed by atoms with Crippen molar-refractivity contribution in [3.05, 3.63) is 48.0 Å². The molecule has 4 aromatic rings. The third kappa shape index (κ3) is 3.57. The van der Waals surface area contributed by atoms with E-state index in [0.29, 0.717) is 6.61 Å². The van der Waals surface area contributed by atoms with E-state index in [2.05, 4.69) is 47.0 Å². The van der Waals surface area contributed by atoms with E-state index in [-0.39, 0.29) is 0 Å². The van der Waals surface area contributed by atoms with Gasteiger partial charge in [-0.1, -0.05) is 17.4 Å². The van der Waals surface area contributed by atoms with Crippen LogP contribution < -0.4 is 10.1 Å². The molecular weight excluding hydrogens is 370 g/mol. The molecule has 2 heterocycles. The molecule has 0 atom stereocenters. The second-order valence-electron chi connectivity index (χ2n) is 6.73. The second-order valence-corrected chi connectivity index (χ2v) is 7.74. The molecule has 0 bridgehead atoms. The van der Waals surface area contributed by atoms with Gasteiger partial charge in [0.25, 0.3) is 0 Å². The summed E-state index contributed by atoms with van der Waals surface area (Å²) in [6.45, 7) is 6.34. The molecule has 0 unspecified atom stereocenters. The van der Waals surface area contributed by atoms with Crippen molar-refractivity contribution in [3.63, 3.8) is 0 Å². The molecular formula is C22H25N3O2S. The zero-order chi connectivity index (χ0) is 19.5. The molecule has 0 aliphatic rings. The van der Waals surface area contributed by atoms with Gasteiger partial charge in [0.05, 0.1) is 16.8 Å². The Balaban J connectivity index is 1.79. The molecule has 146 valence electrons. The SMILES string of the molecule is CCOc1ccc(-c2nc3sc4cc(C)ccc4n3c2NCCCOC)cc1. The monoisotopic (exact) mass is 395 g/mol. The Bertz CT molecular complexity index is 1080. The Morgan fingerprint density at radius 3 is 2.71 bits per heavy atom. The predicted octanol–water partition coefficient (Wildman–Crippen LogP) is 5.37. The molecule has 0 amide bonds. The van der Waals surface area contributed by atoms with Gasteiger partial charge in [0.15, 0.2) is 4.96 Å². The van der Waals surface area contributed by atoms with Crippen molar-refractivity contribution >= 4 is 32.3 Å². The highest BCUT2D eigenvalue weighted by Gasteiger charge is 2.18. The van der Waals surface area contributed by atoms with Crippen molar-refractivity contribution in [1.82, 2.24) is 9.38 Å². The highest BCUT2D eigenvalue weighted by Crippen LogP contribution is 2.36. The average Bonchev–Trinajstić information content (AvgIpc) is 3.22. The van der Waals surface area contributed by atoms with Gasteiger partial charge in [-0.05, 0) is 62.2 Å². The van der Waals surface area contributed by atoms with Crippen LogP contribution >= 0.6 is 11.3 Å². The number of thiazole rings is 1. The molecule has 2 aromatic heterocycles. The molecule has 0 saturated heterocycles. The minimum atomic E-state index is 0.664. The highest BCUT2D eigenvalue weighted by atomic mass is 32.1. The molecule has 6 heteroatoms. The van der Waals surface area contributed by atoms with Crippen LogP contribution in [-0.2, 0) is 4.74 Å². The Kier molecular flexibility index (Phi) is 5.50. The number of fused-ring (bicyclic) bond motifs is 3. The number of nitrogens with zero attached hydrogens (tertiary/aromatic N) is 2. The number of rotatable bonds is 8. The van der Waals surface area contributed by atoms with Crippen LogP contribution in [0.15, 0.2) is 42.5 Å². The van der Waals surface area contributed by atoms with Gasteiger partial charge in [0.1, 0.15) is 17.3 Å². The third-order valence-corrected chi connectivity index (χ3v) is 5.66. The number of hydrogen-bond acceptors (Lipinski definition) is 5. The highest BCUT2D eigenvalue weighted by molar-refractivity contribution is 7.23. The number of ether oxygens (including phenoxy) is 2. The summed E-state index contributed by atoms with van der Waals surface area (Å²) >= 11 is 1.72. The van der Waals surface area contributed by atoms with Crippen molar-refractivity contribution in [2.45, 2.75) is 20.3 Å². The first-order valence-electron chi connectivity index (χ1n) is 9.59. The molecule has 5 nitrogen and oxygen atoms in total. The van der Waals surface area contributed by atoms with Gasteiger partial charge in [-0.3, -0.25) is 4.40 Å². The Morgan fingerprint density at radius 2 is 1.96 bits per heavy atom. The summed E-state index contributed by atoms with van der Waals surface area (Å²) in [6.07, 6.45) is 0.938. The number of nitrogens with one attached hydrogen (secondary N) is 1. The van der Waals surface area contributed by atoms with Crippen LogP contribution in [-0.4, -0.2) is 36.3 Å². The summed E-state index contributed by atoms with van der Waals surface area (Å²) in [5.41, 5.74) is 4.49. The predicted molar refractivity (Wildman–Crippen MR) is 117 cm³/mol. The third-order valence-electron chi connectivity index (χ3n) is 4.66. The number of hydrogen-bond donors (Lipinski definition) is 1. The largest absolute Gasteiger partial charge is 0.494 e. The lowest BCUT2D eigenvalue weighted by molar-refractivity contribution is 0.198. The van der Waals surface area contributed by atoms with Gasteiger partial charge in [0.2, 0.25) is 0 Å². The van der Waals surface area contributed by atoms with E-state index >= 15 is 0 Å². The fourth-order valence-corrected chi connectivity index (χ4v) is 4.46. The number of anilines is 1. The molecule has 0 aliphatic carbocycles. The second kappa shape index (κ2) is 8.20. The molecule has 0 saturated carbocycles. The number of aromatic nitrogens is 2. The number of imidazole rings is 1. The molecule has 4 rings (SSSR count). The average molecular weight is 396 g/mol. The number of aryl methyl sites for hydroxylation is 1. The van der Waals surface area contributed by atoms with Gasteiger partial charge in [-0.25, -0.2) is 4.98 Å². The topological polar surface area (TPSA) is 47.8 Å². The van der Waals surface area contributed by atoms with Crippen molar-refractivity contribution in [1.29, 1.82) is 0 Å². The Morgan fingerprint density at radius 1 is 1.14 bits per heavy atom. The summed E-state index contributed by atoms with van der Waals surface area (Å²) in [5.74, 6) is 1.91. The molecule has 0 aliphatic heterocycles. The Labute approximate surface area is 168 Å². The lowest BCUT2D eigenvalue weighted by Gasteiger charge is -2.09. The number of methoxy groups -OCH3 is 1. The van der Waals surface area contributed by atoms with Crippen LogP contribution in [0.5, 0.6) is 5.75 Å². The van der Waals surface area contributed by atoms with E-state index in [1.165, 1.54) is 15.8 Å². The van der Waals surface area contributed by atoms with E-state index < -0.39 is 0 Å². The molecule has 0 spiro atoms. The number of benzene rings is 2. The molecule has 0 fully saturated rings. The first kappa shape index (κ1) is 18.8. The summed E-state index contributed by atoms with van der Waals surface area (Å²) in [5, 5.41) is 3.60. The van der Waals surface area contributed by atoms with E-state index in [1.807, 2.05) is 19.1 Å². The normalized spacial score (nSPS) is 11.4. The van der Waals surface area contributed by atoms with Crippen LogP contribution in [0, 0.1) is 6.92 Å². The van der Waals surface area contributed by atoms with Crippen molar-refractivity contribution in [3.8, 4) is 17.0 Å². The maximum Gasteiger partial charge on any atom is 0.197 e. The van der Waals surface area contributed by atoms with Gasteiger partial charge < -0.3 is 14.8 Å². The summed E-state index contributed by atoms with van der Waals surface area (Å²) < 4.78 is 14.3. The zero-order valence-electron chi connectivity index (χ0n) is 16.5. The zero-order valence-corrected chi connectivity index (χ0v) is 17.3. The minimum Gasteiger partial charge on any atom is -0.494 e. The lowest BCUT2D eigenvalue weighted by atomic mass is 10.1. The van der Waals surface area contributed by atoms with Crippen molar-refractivity contribution in [2.75, 3.05) is 32.2 Å². The lowest BCUT2D eigenvalue weighted by Crippen LogP contribution is -2.07. The Hall–Kier alpha value is -2.57. The van der Waals surface area contributed by atoms with Gasteiger partial charge >= 0.3 is 0 Å². The van der Waals surface area contributed by atoms with Crippen LogP contribution in [0.25, 0.3) is 26.4 Å². The maximum atomic E-state index is 5.58.